The van der Waals surface area contributed by atoms with Crippen LogP contribution in [0.1, 0.15) is 21.7 Å². The van der Waals surface area contributed by atoms with Crippen molar-refractivity contribution in [3.8, 4) is 11.5 Å². The zero-order valence-electron chi connectivity index (χ0n) is 22.2. The molecule has 0 aliphatic carbocycles. The summed E-state index contributed by atoms with van der Waals surface area (Å²) in [5.41, 5.74) is 1.66. The van der Waals surface area contributed by atoms with Crippen molar-refractivity contribution in [1.82, 2.24) is 5.32 Å². The van der Waals surface area contributed by atoms with E-state index in [0.717, 1.165) is 9.87 Å². The molecule has 0 saturated carbocycles. The van der Waals surface area contributed by atoms with E-state index in [-0.39, 0.29) is 28.4 Å². The molecule has 40 heavy (non-hydrogen) atoms. The zero-order chi connectivity index (χ0) is 28.7. The number of carbonyl (C=O) groups is 2. The predicted octanol–water partition coefficient (Wildman–Crippen LogP) is 4.37. The first-order chi connectivity index (χ1) is 19.2. The summed E-state index contributed by atoms with van der Waals surface area (Å²) in [6, 6.07) is 20.9. The quantitative estimate of drug-likeness (QED) is 0.277. The number of furan rings is 1. The van der Waals surface area contributed by atoms with Crippen molar-refractivity contribution in [2.75, 3.05) is 30.4 Å². The molecule has 0 saturated heterocycles. The maximum atomic E-state index is 13.8. The van der Waals surface area contributed by atoms with Gasteiger partial charge in [-0.3, -0.25) is 13.9 Å². The maximum absolute atomic E-state index is 13.8. The third kappa shape index (κ3) is 6.44. The molecule has 10 nitrogen and oxygen atoms in total. The first-order valence-electron chi connectivity index (χ1n) is 12.2. The molecule has 4 rings (SSSR count). The second-order valence-corrected chi connectivity index (χ2v) is 10.6. The number of nitrogens with one attached hydrogen (secondary N) is 2. The van der Waals surface area contributed by atoms with Gasteiger partial charge in [-0.2, -0.15) is 0 Å². The topological polar surface area (TPSA) is 127 Å². The van der Waals surface area contributed by atoms with Crippen LogP contribution in [0, 0.1) is 6.92 Å². The summed E-state index contributed by atoms with van der Waals surface area (Å²) in [7, 11) is -1.37. The fraction of sp³-hybridized carbons (Fsp3) is 0.172. The monoisotopic (exact) mass is 563 g/mol. The van der Waals surface area contributed by atoms with Crippen molar-refractivity contribution in [2.45, 2.75) is 18.4 Å². The lowest BCUT2D eigenvalue weighted by Gasteiger charge is -2.25. The minimum absolute atomic E-state index is 0.0868. The van der Waals surface area contributed by atoms with Gasteiger partial charge in [0.25, 0.3) is 15.9 Å². The SMILES string of the molecule is COc1ccc(S(=O)(=O)N(CC(=O)Nc2ccccc2C(=O)NCc2ccco2)c2ccc(C)cc2)cc1OC. The molecule has 0 spiro atoms. The van der Waals surface area contributed by atoms with Crippen LogP contribution in [0.4, 0.5) is 11.4 Å². The van der Waals surface area contributed by atoms with Gasteiger partial charge in [0.15, 0.2) is 11.5 Å². The van der Waals surface area contributed by atoms with Crippen LogP contribution in [-0.4, -0.2) is 41.0 Å². The van der Waals surface area contributed by atoms with Gasteiger partial charge in [0.05, 0.1) is 48.9 Å². The fourth-order valence-corrected chi connectivity index (χ4v) is 5.35. The first-order valence-corrected chi connectivity index (χ1v) is 13.7. The molecular formula is C29H29N3O7S. The number of benzene rings is 3. The van der Waals surface area contributed by atoms with Gasteiger partial charge in [-0.25, -0.2) is 8.42 Å². The van der Waals surface area contributed by atoms with Gasteiger partial charge in [-0.05, 0) is 55.5 Å². The largest absolute Gasteiger partial charge is 0.493 e. The van der Waals surface area contributed by atoms with Crippen molar-refractivity contribution in [2.24, 2.45) is 0 Å². The molecule has 0 bridgehead atoms. The van der Waals surface area contributed by atoms with Gasteiger partial charge >= 0.3 is 0 Å². The van der Waals surface area contributed by atoms with Crippen LogP contribution >= 0.6 is 0 Å². The summed E-state index contributed by atoms with van der Waals surface area (Å²) in [6.07, 6.45) is 1.51. The molecule has 4 aromatic rings. The molecule has 1 heterocycles. The number of amides is 2. The van der Waals surface area contributed by atoms with E-state index in [2.05, 4.69) is 10.6 Å². The van der Waals surface area contributed by atoms with Gasteiger partial charge in [0.2, 0.25) is 5.91 Å². The number of rotatable bonds is 11. The minimum Gasteiger partial charge on any atom is -0.493 e. The highest BCUT2D eigenvalue weighted by molar-refractivity contribution is 7.92. The van der Waals surface area contributed by atoms with Crippen molar-refractivity contribution in [3.05, 3.63) is 102 Å². The Morgan fingerprint density at radius 1 is 0.900 bits per heavy atom. The third-order valence-electron chi connectivity index (χ3n) is 6.00. The number of hydrogen-bond acceptors (Lipinski definition) is 7. The normalized spacial score (nSPS) is 11.0. The van der Waals surface area contributed by atoms with Crippen LogP contribution in [0.5, 0.6) is 11.5 Å². The molecule has 1 aromatic heterocycles. The van der Waals surface area contributed by atoms with E-state index in [4.69, 9.17) is 13.9 Å². The first kappa shape index (κ1) is 28.2. The molecule has 0 aliphatic heterocycles. The second-order valence-electron chi connectivity index (χ2n) is 8.72. The number of methoxy groups -OCH3 is 2. The van der Waals surface area contributed by atoms with Gasteiger partial charge < -0.3 is 24.5 Å². The van der Waals surface area contributed by atoms with E-state index >= 15 is 0 Å². The average Bonchev–Trinajstić information content (AvgIpc) is 3.49. The van der Waals surface area contributed by atoms with Gasteiger partial charge in [0.1, 0.15) is 12.3 Å². The van der Waals surface area contributed by atoms with Crippen LogP contribution in [0.2, 0.25) is 0 Å². The molecule has 0 aliphatic rings. The van der Waals surface area contributed by atoms with Crippen LogP contribution in [-0.2, 0) is 21.4 Å². The Kier molecular flexibility index (Phi) is 8.75. The third-order valence-corrected chi connectivity index (χ3v) is 7.77. The van der Waals surface area contributed by atoms with E-state index in [0.29, 0.717) is 17.2 Å². The van der Waals surface area contributed by atoms with Crippen molar-refractivity contribution < 1.29 is 31.9 Å². The highest BCUT2D eigenvalue weighted by atomic mass is 32.2. The lowest BCUT2D eigenvalue weighted by molar-refractivity contribution is -0.114. The summed E-state index contributed by atoms with van der Waals surface area (Å²) in [4.78, 5) is 26.0. The molecule has 0 unspecified atom stereocenters. The van der Waals surface area contributed by atoms with E-state index < -0.39 is 28.4 Å². The molecule has 0 atom stereocenters. The van der Waals surface area contributed by atoms with E-state index in [1.54, 1.807) is 60.7 Å². The van der Waals surface area contributed by atoms with Crippen LogP contribution in [0.25, 0.3) is 0 Å². The lowest BCUT2D eigenvalue weighted by atomic mass is 10.1. The summed E-state index contributed by atoms with van der Waals surface area (Å²) in [5.74, 6) is 0.0925. The Balaban J connectivity index is 1.60. The Hall–Kier alpha value is -4.77. The average molecular weight is 564 g/mol. The number of nitrogens with zero attached hydrogens (tertiary/aromatic N) is 1. The van der Waals surface area contributed by atoms with E-state index in [9.17, 15) is 18.0 Å². The maximum Gasteiger partial charge on any atom is 0.264 e. The van der Waals surface area contributed by atoms with Crippen molar-refractivity contribution in [1.29, 1.82) is 0 Å². The van der Waals surface area contributed by atoms with Crippen molar-refractivity contribution in [3.63, 3.8) is 0 Å². The van der Waals surface area contributed by atoms with Gasteiger partial charge in [0, 0.05) is 6.07 Å². The Labute approximate surface area is 232 Å². The summed E-state index contributed by atoms with van der Waals surface area (Å²) in [6.45, 7) is 1.48. The number of aryl methyl sites for hydroxylation is 1. The number of anilines is 2. The highest BCUT2D eigenvalue weighted by Gasteiger charge is 2.29. The molecule has 11 heteroatoms. The van der Waals surface area contributed by atoms with Crippen LogP contribution < -0.4 is 24.4 Å². The number of para-hydroxylation sites is 1. The summed E-state index contributed by atoms with van der Waals surface area (Å²) >= 11 is 0. The predicted molar refractivity (Wildman–Crippen MR) is 150 cm³/mol. The number of carbonyl (C=O) groups excluding carboxylic acids is 2. The number of hydrogen-bond donors (Lipinski definition) is 2. The van der Waals surface area contributed by atoms with Crippen molar-refractivity contribution >= 4 is 33.2 Å². The number of sulfonamides is 1. The Morgan fingerprint density at radius 2 is 1.62 bits per heavy atom. The Bertz CT molecular complexity index is 1580. The van der Waals surface area contributed by atoms with Gasteiger partial charge in [-0.15, -0.1) is 0 Å². The molecule has 0 fully saturated rings. The minimum atomic E-state index is -4.22. The molecule has 208 valence electrons. The molecule has 0 radical (unpaired) electrons. The summed E-state index contributed by atoms with van der Waals surface area (Å²) < 4.78 is 44.4. The van der Waals surface area contributed by atoms with E-state index in [1.807, 2.05) is 6.92 Å². The summed E-state index contributed by atoms with van der Waals surface area (Å²) in [5, 5.41) is 5.43. The fourth-order valence-electron chi connectivity index (χ4n) is 3.92. The van der Waals surface area contributed by atoms with Crippen LogP contribution in [0.3, 0.4) is 0 Å². The van der Waals surface area contributed by atoms with Crippen LogP contribution in [0.15, 0.2) is 94.4 Å². The highest BCUT2D eigenvalue weighted by Crippen LogP contribution is 2.32. The molecule has 2 amide bonds. The molecular weight excluding hydrogens is 534 g/mol. The number of ether oxygens (including phenoxy) is 2. The molecule has 2 N–H and O–H groups in total. The Morgan fingerprint density at radius 3 is 2.30 bits per heavy atom. The van der Waals surface area contributed by atoms with E-state index in [1.165, 1.54) is 38.7 Å². The molecule has 3 aromatic carbocycles. The second kappa shape index (κ2) is 12.4. The van der Waals surface area contributed by atoms with Gasteiger partial charge in [-0.1, -0.05) is 29.8 Å². The zero-order valence-corrected chi connectivity index (χ0v) is 23.0. The smallest absolute Gasteiger partial charge is 0.264 e. The lowest BCUT2D eigenvalue weighted by Crippen LogP contribution is -2.38. The standard InChI is InChI=1S/C29H29N3O7S/c1-20-10-12-21(13-11-20)32(40(35,36)23-14-15-26(37-2)27(17-23)38-3)19-28(33)31-25-9-5-4-8-24(25)29(34)30-18-22-7-6-16-39-22/h4-17H,18-19H2,1-3H3,(H,30,34)(H,31,33).